The summed E-state index contributed by atoms with van der Waals surface area (Å²) in [6, 6.07) is 27.5. The van der Waals surface area contributed by atoms with Gasteiger partial charge < -0.3 is 24.4 Å². The van der Waals surface area contributed by atoms with Crippen molar-refractivity contribution >= 4 is 23.3 Å². The van der Waals surface area contributed by atoms with Crippen LogP contribution in [-0.2, 0) is 17.9 Å². The highest BCUT2D eigenvalue weighted by Crippen LogP contribution is 2.30. The molecule has 1 fully saturated rings. The van der Waals surface area contributed by atoms with E-state index in [9.17, 15) is 19.1 Å². The topological polar surface area (TPSA) is 79.3 Å². The van der Waals surface area contributed by atoms with Gasteiger partial charge in [-0.15, -0.1) is 0 Å². The van der Waals surface area contributed by atoms with E-state index in [0.717, 1.165) is 11.1 Å². The van der Waals surface area contributed by atoms with Crippen molar-refractivity contribution in [3.8, 4) is 5.75 Å². The second-order valence-corrected chi connectivity index (χ2v) is 9.43. The first-order chi connectivity index (χ1) is 19.5. The monoisotopic (exact) mass is 540 g/mol. The fourth-order valence-corrected chi connectivity index (χ4v) is 4.62. The number of morpholine rings is 1. The normalized spacial score (nSPS) is 13.1. The summed E-state index contributed by atoms with van der Waals surface area (Å²) in [7, 11) is 0. The van der Waals surface area contributed by atoms with Gasteiger partial charge in [-0.05, 0) is 65.7 Å². The van der Waals surface area contributed by atoms with Gasteiger partial charge in [0, 0.05) is 24.3 Å². The smallest absolute Gasteiger partial charge is 0.337 e. The van der Waals surface area contributed by atoms with Gasteiger partial charge in [-0.3, -0.25) is 4.79 Å². The third-order valence-corrected chi connectivity index (χ3v) is 6.70. The highest BCUT2D eigenvalue weighted by Gasteiger charge is 2.24. The molecule has 4 aromatic carbocycles. The fraction of sp³-hybridized carbons (Fsp3) is 0.188. The lowest BCUT2D eigenvalue weighted by atomic mass is 10.1. The molecule has 0 aromatic heterocycles. The Bertz CT molecular complexity index is 1470. The second-order valence-electron chi connectivity index (χ2n) is 9.43. The number of carbonyl (C=O) groups excluding carboxylic acids is 1. The molecule has 40 heavy (non-hydrogen) atoms. The highest BCUT2D eigenvalue weighted by atomic mass is 19.1. The standard InChI is InChI=1S/C32H29FN2O5/c33-26-11-9-23(10-12-26)22-40-28-8-4-5-24(19-28)21-35(31(36)25-6-2-1-3-7-25)27-13-14-30(29(20-27)32(37)38)34-15-17-39-18-16-34/h1-14,19-20H,15-18,21-22H2,(H,37,38). The summed E-state index contributed by atoms with van der Waals surface area (Å²) in [5, 5.41) is 10.1. The minimum Gasteiger partial charge on any atom is -0.489 e. The lowest BCUT2D eigenvalue weighted by Crippen LogP contribution is -2.37. The molecule has 1 aliphatic rings. The quantitative estimate of drug-likeness (QED) is 0.290. The number of anilines is 2. The maximum Gasteiger partial charge on any atom is 0.337 e. The number of aromatic carboxylic acids is 1. The highest BCUT2D eigenvalue weighted by molar-refractivity contribution is 6.07. The van der Waals surface area contributed by atoms with Crippen molar-refractivity contribution in [3.05, 3.63) is 125 Å². The van der Waals surface area contributed by atoms with Gasteiger partial charge in [-0.1, -0.05) is 42.5 Å². The van der Waals surface area contributed by atoms with Crippen LogP contribution in [0.2, 0.25) is 0 Å². The van der Waals surface area contributed by atoms with Gasteiger partial charge in [-0.25, -0.2) is 9.18 Å². The lowest BCUT2D eigenvalue weighted by molar-refractivity contribution is 0.0695. The summed E-state index contributed by atoms with van der Waals surface area (Å²) in [5.74, 6) is -1.03. The second kappa shape index (κ2) is 12.4. The van der Waals surface area contributed by atoms with Crippen LogP contribution in [0, 0.1) is 5.82 Å². The summed E-state index contributed by atoms with van der Waals surface area (Å²) in [6.45, 7) is 2.70. The van der Waals surface area contributed by atoms with Crippen molar-refractivity contribution in [2.75, 3.05) is 36.1 Å². The largest absolute Gasteiger partial charge is 0.489 e. The molecule has 0 spiro atoms. The maximum absolute atomic E-state index is 13.7. The van der Waals surface area contributed by atoms with Crippen LogP contribution >= 0.6 is 0 Å². The number of halogens is 1. The Morgan fingerprint density at radius 2 is 1.62 bits per heavy atom. The van der Waals surface area contributed by atoms with Crippen LogP contribution in [0.5, 0.6) is 5.75 Å². The Morgan fingerprint density at radius 1 is 0.875 bits per heavy atom. The van der Waals surface area contributed by atoms with Gasteiger partial charge in [0.05, 0.1) is 31.0 Å². The van der Waals surface area contributed by atoms with Crippen LogP contribution in [0.3, 0.4) is 0 Å². The van der Waals surface area contributed by atoms with E-state index < -0.39 is 5.97 Å². The van der Waals surface area contributed by atoms with Gasteiger partial charge >= 0.3 is 5.97 Å². The molecular weight excluding hydrogens is 511 g/mol. The van der Waals surface area contributed by atoms with Crippen molar-refractivity contribution in [1.82, 2.24) is 0 Å². The van der Waals surface area contributed by atoms with E-state index in [2.05, 4.69) is 0 Å². The number of amides is 1. The van der Waals surface area contributed by atoms with Crippen molar-refractivity contribution < 1.29 is 28.6 Å². The van der Waals surface area contributed by atoms with E-state index in [0.29, 0.717) is 49.0 Å². The van der Waals surface area contributed by atoms with Crippen molar-refractivity contribution in [3.63, 3.8) is 0 Å². The van der Waals surface area contributed by atoms with Crippen LogP contribution in [-0.4, -0.2) is 43.3 Å². The third-order valence-electron chi connectivity index (χ3n) is 6.70. The average molecular weight is 541 g/mol. The van der Waals surface area contributed by atoms with Crippen LogP contribution in [0.15, 0.2) is 97.1 Å². The van der Waals surface area contributed by atoms with Crippen molar-refractivity contribution in [2.45, 2.75) is 13.2 Å². The summed E-state index contributed by atoms with van der Waals surface area (Å²) < 4.78 is 24.6. The first-order valence-electron chi connectivity index (χ1n) is 13.0. The Kier molecular flexibility index (Phi) is 8.37. The predicted octanol–water partition coefficient (Wildman–Crippen LogP) is 5.79. The molecule has 0 aliphatic carbocycles. The zero-order valence-corrected chi connectivity index (χ0v) is 21.8. The Labute approximate surface area is 232 Å². The van der Waals surface area contributed by atoms with E-state index in [1.807, 2.05) is 35.2 Å². The molecule has 0 bridgehead atoms. The minimum absolute atomic E-state index is 0.127. The molecule has 0 saturated carbocycles. The van der Waals surface area contributed by atoms with E-state index >= 15 is 0 Å². The fourth-order valence-electron chi connectivity index (χ4n) is 4.62. The summed E-state index contributed by atoms with van der Waals surface area (Å²) in [5.41, 5.74) is 3.31. The number of carboxylic acid groups (broad SMARTS) is 1. The van der Waals surface area contributed by atoms with Gasteiger partial charge in [-0.2, -0.15) is 0 Å². The van der Waals surface area contributed by atoms with Gasteiger partial charge in [0.25, 0.3) is 5.91 Å². The molecule has 1 N–H and O–H groups in total. The Balaban J connectivity index is 1.44. The Morgan fingerprint density at radius 3 is 2.35 bits per heavy atom. The number of ether oxygens (including phenoxy) is 2. The van der Waals surface area contributed by atoms with Crippen LogP contribution < -0.4 is 14.5 Å². The van der Waals surface area contributed by atoms with Gasteiger partial charge in [0.15, 0.2) is 0 Å². The summed E-state index contributed by atoms with van der Waals surface area (Å²) >= 11 is 0. The van der Waals surface area contributed by atoms with Gasteiger partial charge in [0.2, 0.25) is 0 Å². The van der Waals surface area contributed by atoms with E-state index in [1.54, 1.807) is 59.5 Å². The summed E-state index contributed by atoms with van der Waals surface area (Å²) in [6.07, 6.45) is 0. The molecule has 4 aromatic rings. The number of rotatable bonds is 9. The van der Waals surface area contributed by atoms with Gasteiger partial charge in [0.1, 0.15) is 18.2 Å². The van der Waals surface area contributed by atoms with Crippen LogP contribution in [0.4, 0.5) is 15.8 Å². The molecule has 0 radical (unpaired) electrons. The molecule has 204 valence electrons. The molecule has 8 heteroatoms. The molecule has 1 heterocycles. The maximum atomic E-state index is 13.7. The molecule has 5 rings (SSSR count). The average Bonchev–Trinajstić information content (AvgIpc) is 3.00. The molecule has 1 aliphatic heterocycles. The number of hydrogen-bond donors (Lipinski definition) is 1. The third kappa shape index (κ3) is 6.47. The van der Waals surface area contributed by atoms with Crippen molar-refractivity contribution in [2.24, 2.45) is 0 Å². The Hall–Kier alpha value is -4.69. The van der Waals surface area contributed by atoms with Crippen LogP contribution in [0.25, 0.3) is 0 Å². The molecule has 1 amide bonds. The number of benzene rings is 4. The molecule has 0 atom stereocenters. The molecular formula is C32H29FN2O5. The minimum atomic E-state index is -1.06. The lowest BCUT2D eigenvalue weighted by Gasteiger charge is -2.31. The van der Waals surface area contributed by atoms with E-state index in [1.165, 1.54) is 12.1 Å². The summed E-state index contributed by atoms with van der Waals surface area (Å²) in [4.78, 5) is 29.6. The predicted molar refractivity (Wildman–Crippen MR) is 151 cm³/mol. The van der Waals surface area contributed by atoms with Crippen LogP contribution in [0.1, 0.15) is 31.8 Å². The first-order valence-corrected chi connectivity index (χ1v) is 13.0. The SMILES string of the molecule is O=C(O)c1cc(N(Cc2cccc(OCc3ccc(F)cc3)c2)C(=O)c2ccccc2)ccc1N1CCOCC1. The van der Waals surface area contributed by atoms with E-state index in [-0.39, 0.29) is 30.4 Å². The molecule has 1 saturated heterocycles. The number of hydrogen-bond acceptors (Lipinski definition) is 5. The first kappa shape index (κ1) is 26.9. The zero-order chi connectivity index (χ0) is 27.9. The molecule has 7 nitrogen and oxygen atoms in total. The number of nitrogens with zero attached hydrogens (tertiary/aromatic N) is 2. The number of carboxylic acids is 1. The van der Waals surface area contributed by atoms with Crippen molar-refractivity contribution in [1.29, 1.82) is 0 Å². The number of carbonyl (C=O) groups is 2. The zero-order valence-electron chi connectivity index (χ0n) is 21.8. The molecule has 0 unspecified atom stereocenters. The van der Waals surface area contributed by atoms with E-state index in [4.69, 9.17) is 9.47 Å².